The molecule has 0 spiro atoms. The van der Waals surface area contributed by atoms with Gasteiger partial charge in [0.1, 0.15) is 11.8 Å². The first-order valence-electron chi connectivity index (χ1n) is 4.53. The number of hydrogen-bond acceptors (Lipinski definition) is 3. The maximum absolute atomic E-state index is 11.1. The third kappa shape index (κ3) is 1.57. The third-order valence-electron chi connectivity index (χ3n) is 2.20. The zero-order valence-corrected chi connectivity index (χ0v) is 8.19. The number of hydrogen-bond donors (Lipinski definition) is 0. The first kappa shape index (κ1) is 9.35. The molecule has 0 saturated carbocycles. The molecule has 0 aliphatic carbocycles. The number of nitriles is 1. The van der Waals surface area contributed by atoms with Gasteiger partial charge in [0, 0.05) is 12.3 Å². The van der Waals surface area contributed by atoms with E-state index in [9.17, 15) is 4.79 Å². The van der Waals surface area contributed by atoms with Gasteiger partial charge in [-0.2, -0.15) is 5.26 Å². The van der Waals surface area contributed by atoms with Gasteiger partial charge < -0.3 is 0 Å². The van der Waals surface area contributed by atoms with E-state index in [2.05, 4.69) is 11.1 Å². The molecule has 1 heterocycles. The molecule has 0 aliphatic rings. The number of pyridine rings is 1. The molecular weight excluding hydrogens is 188 g/mol. The lowest BCUT2D eigenvalue weighted by Gasteiger charge is -2.00. The van der Waals surface area contributed by atoms with Crippen LogP contribution in [0.1, 0.15) is 23.0 Å². The van der Waals surface area contributed by atoms with Gasteiger partial charge in [-0.05, 0) is 12.1 Å². The van der Waals surface area contributed by atoms with Crippen LogP contribution >= 0.6 is 0 Å². The van der Waals surface area contributed by atoms with Crippen molar-refractivity contribution in [2.24, 2.45) is 0 Å². The molecule has 2 rings (SSSR count). The molecule has 0 fully saturated rings. The van der Waals surface area contributed by atoms with E-state index in [1.165, 1.54) is 6.92 Å². The molecule has 72 valence electrons. The maximum atomic E-state index is 11.1. The van der Waals surface area contributed by atoms with Crippen LogP contribution in [0.15, 0.2) is 30.3 Å². The minimum atomic E-state index is -0.0929. The highest BCUT2D eigenvalue weighted by Gasteiger charge is 2.05. The summed E-state index contributed by atoms with van der Waals surface area (Å²) in [6, 6.07) is 10.9. The number of para-hydroxylation sites is 1. The van der Waals surface area contributed by atoms with Crippen LogP contribution < -0.4 is 0 Å². The largest absolute Gasteiger partial charge is 0.293 e. The normalized spacial score (nSPS) is 9.87. The van der Waals surface area contributed by atoms with Crippen LogP contribution in [0.5, 0.6) is 0 Å². The van der Waals surface area contributed by atoms with Gasteiger partial charge in [-0.15, -0.1) is 0 Å². The SMILES string of the molecule is CC(=O)c1ccc2cccc(C#N)c2n1. The van der Waals surface area contributed by atoms with Crippen LogP contribution in [-0.2, 0) is 0 Å². The number of Topliss-reactive ketones (excluding diaryl/α,β-unsaturated/α-hetero) is 1. The minimum Gasteiger partial charge on any atom is -0.293 e. The van der Waals surface area contributed by atoms with Crippen molar-refractivity contribution in [3.8, 4) is 6.07 Å². The lowest BCUT2D eigenvalue weighted by Crippen LogP contribution is -1.97. The summed E-state index contributed by atoms with van der Waals surface area (Å²) in [5.41, 5.74) is 1.48. The van der Waals surface area contributed by atoms with Crippen molar-refractivity contribution >= 4 is 16.7 Å². The number of benzene rings is 1. The molecule has 0 unspecified atom stereocenters. The van der Waals surface area contributed by atoms with E-state index in [1.54, 1.807) is 24.3 Å². The molecule has 0 amide bonds. The lowest BCUT2D eigenvalue weighted by molar-refractivity contribution is 0.101. The van der Waals surface area contributed by atoms with Crippen molar-refractivity contribution in [2.45, 2.75) is 6.92 Å². The van der Waals surface area contributed by atoms with Crippen LogP contribution in [0.4, 0.5) is 0 Å². The van der Waals surface area contributed by atoms with E-state index in [4.69, 9.17) is 5.26 Å². The number of nitrogens with zero attached hydrogens (tertiary/aromatic N) is 2. The Morgan fingerprint density at radius 1 is 1.33 bits per heavy atom. The second-order valence-corrected chi connectivity index (χ2v) is 3.24. The Morgan fingerprint density at radius 2 is 2.13 bits per heavy atom. The van der Waals surface area contributed by atoms with Gasteiger partial charge in [-0.1, -0.05) is 18.2 Å². The Hall–Kier alpha value is -2.21. The van der Waals surface area contributed by atoms with E-state index in [0.717, 1.165) is 5.39 Å². The van der Waals surface area contributed by atoms with Crippen molar-refractivity contribution in [3.05, 3.63) is 41.6 Å². The molecule has 0 bridgehead atoms. The molecular formula is C12H8N2O. The first-order chi connectivity index (χ1) is 7.22. The average Bonchev–Trinajstić information content (AvgIpc) is 2.27. The topological polar surface area (TPSA) is 53.8 Å². The average molecular weight is 196 g/mol. The van der Waals surface area contributed by atoms with Crippen molar-refractivity contribution < 1.29 is 4.79 Å². The molecule has 0 N–H and O–H groups in total. The minimum absolute atomic E-state index is 0.0929. The van der Waals surface area contributed by atoms with Gasteiger partial charge in [0.25, 0.3) is 0 Å². The van der Waals surface area contributed by atoms with Crippen LogP contribution in [0.3, 0.4) is 0 Å². The van der Waals surface area contributed by atoms with E-state index in [0.29, 0.717) is 16.8 Å². The highest BCUT2D eigenvalue weighted by atomic mass is 16.1. The standard InChI is InChI=1S/C12H8N2O/c1-8(15)11-6-5-9-3-2-4-10(7-13)12(9)14-11/h2-6H,1H3. The predicted molar refractivity (Wildman–Crippen MR) is 56.5 cm³/mol. The summed E-state index contributed by atoms with van der Waals surface area (Å²) >= 11 is 0. The summed E-state index contributed by atoms with van der Waals surface area (Å²) in [4.78, 5) is 15.3. The quantitative estimate of drug-likeness (QED) is 0.657. The zero-order valence-electron chi connectivity index (χ0n) is 8.19. The maximum Gasteiger partial charge on any atom is 0.178 e. The highest BCUT2D eigenvalue weighted by Crippen LogP contribution is 2.16. The number of carbonyl (C=O) groups excluding carboxylic acids is 1. The Balaban J connectivity index is 2.80. The fourth-order valence-corrected chi connectivity index (χ4v) is 1.43. The van der Waals surface area contributed by atoms with E-state index < -0.39 is 0 Å². The van der Waals surface area contributed by atoms with Crippen molar-refractivity contribution in [3.63, 3.8) is 0 Å². The molecule has 1 aromatic heterocycles. The number of fused-ring (bicyclic) bond motifs is 1. The van der Waals surface area contributed by atoms with Gasteiger partial charge in [-0.25, -0.2) is 4.98 Å². The fraction of sp³-hybridized carbons (Fsp3) is 0.0833. The summed E-state index contributed by atoms with van der Waals surface area (Å²) in [5.74, 6) is -0.0929. The van der Waals surface area contributed by atoms with E-state index in [-0.39, 0.29) is 5.78 Å². The summed E-state index contributed by atoms with van der Waals surface area (Å²) in [7, 11) is 0. The van der Waals surface area contributed by atoms with Gasteiger partial charge in [-0.3, -0.25) is 4.79 Å². The summed E-state index contributed by atoms with van der Waals surface area (Å²) in [6.45, 7) is 1.46. The van der Waals surface area contributed by atoms with Gasteiger partial charge in [0.05, 0.1) is 11.1 Å². The number of rotatable bonds is 1. The lowest BCUT2D eigenvalue weighted by atomic mass is 10.1. The summed E-state index contributed by atoms with van der Waals surface area (Å²) in [6.07, 6.45) is 0. The second kappa shape index (κ2) is 3.50. The Kier molecular flexibility index (Phi) is 2.18. The van der Waals surface area contributed by atoms with Crippen LogP contribution in [0.2, 0.25) is 0 Å². The second-order valence-electron chi connectivity index (χ2n) is 3.24. The molecule has 1 aromatic carbocycles. The Morgan fingerprint density at radius 3 is 2.80 bits per heavy atom. The van der Waals surface area contributed by atoms with Crippen LogP contribution in [0.25, 0.3) is 10.9 Å². The molecule has 0 saturated heterocycles. The predicted octanol–water partition coefficient (Wildman–Crippen LogP) is 2.31. The molecule has 0 aliphatic heterocycles. The van der Waals surface area contributed by atoms with E-state index in [1.807, 2.05) is 6.07 Å². The number of ketones is 1. The Labute approximate surface area is 87.0 Å². The van der Waals surface area contributed by atoms with Gasteiger partial charge in [0.15, 0.2) is 5.78 Å². The Bertz CT molecular complexity index is 582. The molecule has 3 heteroatoms. The molecule has 3 nitrogen and oxygen atoms in total. The van der Waals surface area contributed by atoms with Crippen molar-refractivity contribution in [1.82, 2.24) is 4.98 Å². The smallest absolute Gasteiger partial charge is 0.178 e. The highest BCUT2D eigenvalue weighted by molar-refractivity contribution is 5.95. The number of aromatic nitrogens is 1. The third-order valence-corrected chi connectivity index (χ3v) is 2.20. The molecule has 0 radical (unpaired) electrons. The monoisotopic (exact) mass is 196 g/mol. The summed E-state index contributed by atoms with van der Waals surface area (Å²) < 4.78 is 0. The van der Waals surface area contributed by atoms with Gasteiger partial charge in [0.2, 0.25) is 0 Å². The van der Waals surface area contributed by atoms with Crippen LogP contribution in [-0.4, -0.2) is 10.8 Å². The fourth-order valence-electron chi connectivity index (χ4n) is 1.43. The van der Waals surface area contributed by atoms with Crippen molar-refractivity contribution in [2.75, 3.05) is 0 Å². The molecule has 0 atom stereocenters. The molecule has 15 heavy (non-hydrogen) atoms. The van der Waals surface area contributed by atoms with E-state index >= 15 is 0 Å². The zero-order chi connectivity index (χ0) is 10.8. The van der Waals surface area contributed by atoms with Crippen LogP contribution in [0, 0.1) is 11.3 Å². The first-order valence-corrected chi connectivity index (χ1v) is 4.53. The van der Waals surface area contributed by atoms with Gasteiger partial charge >= 0.3 is 0 Å². The molecule has 2 aromatic rings. The number of carbonyl (C=O) groups is 1. The van der Waals surface area contributed by atoms with Crippen molar-refractivity contribution in [1.29, 1.82) is 5.26 Å². The summed E-state index contributed by atoms with van der Waals surface area (Å²) in [5, 5.41) is 9.76.